The van der Waals surface area contributed by atoms with Gasteiger partial charge in [-0.3, -0.25) is 0 Å². The van der Waals surface area contributed by atoms with Crippen LogP contribution in [0.2, 0.25) is 0 Å². The fraction of sp³-hybridized carbons (Fsp3) is 0.294. The van der Waals surface area contributed by atoms with Crippen molar-refractivity contribution in [3.8, 4) is 11.5 Å². The van der Waals surface area contributed by atoms with Crippen molar-refractivity contribution in [2.24, 2.45) is 0 Å². The monoisotopic (exact) mass is 484 g/mol. The van der Waals surface area contributed by atoms with Gasteiger partial charge < -0.3 is 9.47 Å². The molecule has 0 radical (unpaired) electrons. The van der Waals surface area contributed by atoms with Crippen LogP contribution in [0.3, 0.4) is 0 Å². The Kier molecular flexibility index (Phi) is 6.73. The Hall–Kier alpha value is -1.28. The van der Waals surface area contributed by atoms with Gasteiger partial charge in [0.1, 0.15) is 11.5 Å². The van der Waals surface area contributed by atoms with E-state index in [1.54, 1.807) is 13.8 Å². The predicted molar refractivity (Wildman–Crippen MR) is 92.9 cm³/mol. The molecule has 136 valence electrons. The molecular weight excluding hydrogens is 472 g/mol. The van der Waals surface area contributed by atoms with Crippen LogP contribution < -0.4 is 9.47 Å². The summed E-state index contributed by atoms with van der Waals surface area (Å²) < 4.78 is 64.6. The minimum atomic E-state index is -1.01. The van der Waals surface area contributed by atoms with Gasteiger partial charge in [-0.1, -0.05) is 0 Å². The highest BCUT2D eigenvalue weighted by atomic mass is 79.9. The van der Waals surface area contributed by atoms with E-state index >= 15 is 0 Å². The van der Waals surface area contributed by atoms with Gasteiger partial charge in [0, 0.05) is 18.6 Å². The lowest BCUT2D eigenvalue weighted by atomic mass is 10.2. The van der Waals surface area contributed by atoms with E-state index in [0.717, 1.165) is 24.3 Å². The second kappa shape index (κ2) is 8.40. The van der Waals surface area contributed by atoms with Crippen molar-refractivity contribution in [2.75, 3.05) is 0 Å². The van der Waals surface area contributed by atoms with Gasteiger partial charge in [0.25, 0.3) is 0 Å². The molecule has 2 nitrogen and oxygen atoms in total. The van der Waals surface area contributed by atoms with Crippen LogP contribution in [-0.2, 0) is 0 Å². The Morgan fingerprint density at radius 2 is 1.04 bits per heavy atom. The molecule has 0 aliphatic rings. The Morgan fingerprint density at radius 3 is 1.40 bits per heavy atom. The van der Waals surface area contributed by atoms with Gasteiger partial charge >= 0.3 is 0 Å². The molecule has 0 saturated heterocycles. The van der Waals surface area contributed by atoms with Crippen LogP contribution in [0.1, 0.15) is 20.3 Å². The van der Waals surface area contributed by atoms with Crippen molar-refractivity contribution in [2.45, 2.75) is 32.5 Å². The molecule has 0 bridgehead atoms. The zero-order chi connectivity index (χ0) is 18.7. The van der Waals surface area contributed by atoms with E-state index in [1.165, 1.54) is 0 Å². The molecule has 25 heavy (non-hydrogen) atoms. The SMILES string of the molecule is CC(C[C@H](C)Oc1cc(F)c(F)cc1Br)Oc1cc(F)c(F)cc1Br. The van der Waals surface area contributed by atoms with Crippen LogP contribution in [0.5, 0.6) is 11.5 Å². The topological polar surface area (TPSA) is 18.5 Å². The molecular formula is C17H14Br2F4O2. The standard InChI is InChI=1S/C17H14Br2F4O2/c1-8(24-16-6-14(22)12(20)4-10(16)18)3-9(2)25-17-7-15(23)13(21)5-11(17)19/h4-9H,3H2,1-2H3/t8-,9?/m0/s1. The number of hydrogen-bond donors (Lipinski definition) is 0. The third-order valence-electron chi connectivity index (χ3n) is 3.27. The summed E-state index contributed by atoms with van der Waals surface area (Å²) in [6.45, 7) is 3.46. The molecule has 2 aromatic rings. The van der Waals surface area contributed by atoms with Crippen molar-refractivity contribution >= 4 is 31.9 Å². The van der Waals surface area contributed by atoms with Gasteiger partial charge in [-0.05, 0) is 57.8 Å². The molecule has 2 rings (SSSR count). The largest absolute Gasteiger partial charge is 0.489 e. The Balaban J connectivity index is 2.00. The van der Waals surface area contributed by atoms with Crippen LogP contribution in [0.25, 0.3) is 0 Å². The number of halogens is 6. The van der Waals surface area contributed by atoms with Crippen molar-refractivity contribution in [1.82, 2.24) is 0 Å². The smallest absolute Gasteiger partial charge is 0.162 e. The highest BCUT2D eigenvalue weighted by molar-refractivity contribution is 9.10. The molecule has 0 fully saturated rings. The van der Waals surface area contributed by atoms with Gasteiger partial charge in [-0.15, -0.1) is 0 Å². The van der Waals surface area contributed by atoms with Gasteiger partial charge in [0.15, 0.2) is 23.3 Å². The first-order valence-corrected chi connectivity index (χ1v) is 8.88. The van der Waals surface area contributed by atoms with Crippen molar-refractivity contribution in [1.29, 1.82) is 0 Å². The lowest BCUT2D eigenvalue weighted by molar-refractivity contribution is 0.129. The van der Waals surface area contributed by atoms with E-state index in [0.29, 0.717) is 6.42 Å². The van der Waals surface area contributed by atoms with Gasteiger partial charge in [0.05, 0.1) is 21.2 Å². The molecule has 0 aliphatic heterocycles. The van der Waals surface area contributed by atoms with Crippen LogP contribution in [0.4, 0.5) is 17.6 Å². The van der Waals surface area contributed by atoms with E-state index in [2.05, 4.69) is 31.9 Å². The van der Waals surface area contributed by atoms with Crippen molar-refractivity contribution in [3.05, 3.63) is 56.5 Å². The first-order valence-electron chi connectivity index (χ1n) is 7.29. The quantitative estimate of drug-likeness (QED) is 0.348. The number of rotatable bonds is 6. The summed E-state index contributed by atoms with van der Waals surface area (Å²) in [4.78, 5) is 0. The highest BCUT2D eigenvalue weighted by Gasteiger charge is 2.17. The average molecular weight is 486 g/mol. The fourth-order valence-corrected chi connectivity index (χ4v) is 3.00. The van der Waals surface area contributed by atoms with Crippen LogP contribution in [0.15, 0.2) is 33.2 Å². The maximum absolute atomic E-state index is 13.3. The normalized spacial score (nSPS) is 13.4. The second-order valence-electron chi connectivity index (χ2n) is 5.49. The second-order valence-corrected chi connectivity index (χ2v) is 7.19. The number of hydrogen-bond acceptors (Lipinski definition) is 2. The van der Waals surface area contributed by atoms with Gasteiger partial charge in [-0.2, -0.15) is 0 Å². The molecule has 0 aromatic heterocycles. The van der Waals surface area contributed by atoms with Crippen LogP contribution in [-0.4, -0.2) is 12.2 Å². The molecule has 0 spiro atoms. The minimum absolute atomic E-state index is 0.160. The molecule has 0 amide bonds. The molecule has 0 heterocycles. The summed E-state index contributed by atoms with van der Waals surface area (Å²) >= 11 is 6.22. The average Bonchev–Trinajstić information content (AvgIpc) is 2.50. The van der Waals surface area contributed by atoms with E-state index < -0.39 is 35.5 Å². The van der Waals surface area contributed by atoms with Gasteiger partial charge in [0.2, 0.25) is 0 Å². The first-order chi connectivity index (χ1) is 11.7. The molecule has 0 saturated carbocycles. The Morgan fingerprint density at radius 1 is 0.720 bits per heavy atom. The fourth-order valence-electron chi connectivity index (χ4n) is 2.19. The number of ether oxygens (including phenoxy) is 2. The first kappa shape index (κ1) is 20.0. The molecule has 1 unspecified atom stereocenters. The summed E-state index contributed by atoms with van der Waals surface area (Å²) in [5.74, 6) is -3.67. The molecule has 8 heteroatoms. The van der Waals surface area contributed by atoms with Crippen LogP contribution in [0, 0.1) is 23.3 Å². The minimum Gasteiger partial charge on any atom is -0.489 e. The third-order valence-corrected chi connectivity index (χ3v) is 4.51. The zero-order valence-corrected chi connectivity index (χ0v) is 16.4. The van der Waals surface area contributed by atoms with E-state index in [-0.39, 0.29) is 20.4 Å². The molecule has 2 aromatic carbocycles. The zero-order valence-electron chi connectivity index (χ0n) is 13.3. The van der Waals surface area contributed by atoms with E-state index in [4.69, 9.17) is 9.47 Å². The summed E-state index contributed by atoms with van der Waals surface area (Å²) in [7, 11) is 0. The maximum atomic E-state index is 13.3. The molecule has 0 aliphatic carbocycles. The lowest BCUT2D eigenvalue weighted by Gasteiger charge is -2.21. The maximum Gasteiger partial charge on any atom is 0.162 e. The summed E-state index contributed by atoms with van der Waals surface area (Å²) in [6.07, 6.45) is -0.433. The Labute approximate surface area is 159 Å². The van der Waals surface area contributed by atoms with Crippen LogP contribution >= 0.6 is 31.9 Å². The number of benzene rings is 2. The Bertz CT molecular complexity index is 707. The van der Waals surface area contributed by atoms with Crippen molar-refractivity contribution < 1.29 is 27.0 Å². The lowest BCUT2D eigenvalue weighted by Crippen LogP contribution is -2.23. The van der Waals surface area contributed by atoms with E-state index in [1.807, 2.05) is 0 Å². The third kappa shape index (κ3) is 5.34. The van der Waals surface area contributed by atoms with E-state index in [9.17, 15) is 17.6 Å². The van der Waals surface area contributed by atoms with Crippen molar-refractivity contribution in [3.63, 3.8) is 0 Å². The summed E-state index contributed by atoms with van der Waals surface area (Å²) in [5.41, 5.74) is 0. The highest BCUT2D eigenvalue weighted by Crippen LogP contribution is 2.31. The summed E-state index contributed by atoms with van der Waals surface area (Å²) in [5, 5.41) is 0. The molecule has 2 atom stereocenters. The molecule has 0 N–H and O–H groups in total. The predicted octanol–water partition coefficient (Wildman–Crippen LogP) is 6.39. The summed E-state index contributed by atoms with van der Waals surface area (Å²) in [6, 6.07) is 3.87. The van der Waals surface area contributed by atoms with Gasteiger partial charge in [-0.25, -0.2) is 17.6 Å².